The van der Waals surface area contributed by atoms with Gasteiger partial charge in [-0.05, 0) is 30.2 Å². The molecular formula is C16H16O5. The lowest BCUT2D eigenvalue weighted by molar-refractivity contribution is 0.0980. The molecule has 21 heavy (non-hydrogen) atoms. The molecule has 110 valence electrons. The summed E-state index contributed by atoms with van der Waals surface area (Å²) >= 11 is 0. The summed E-state index contributed by atoms with van der Waals surface area (Å²) in [7, 11) is 1.51. The molecule has 0 aliphatic heterocycles. The van der Waals surface area contributed by atoms with Gasteiger partial charge >= 0.3 is 0 Å². The van der Waals surface area contributed by atoms with E-state index in [9.17, 15) is 20.1 Å². The van der Waals surface area contributed by atoms with Crippen LogP contribution in [-0.4, -0.2) is 28.2 Å². The molecule has 2 aromatic rings. The van der Waals surface area contributed by atoms with Gasteiger partial charge in [-0.2, -0.15) is 0 Å². The van der Waals surface area contributed by atoms with Gasteiger partial charge in [-0.25, -0.2) is 0 Å². The number of phenols is 3. The van der Waals surface area contributed by atoms with Crippen molar-refractivity contribution in [3.8, 4) is 23.0 Å². The molecule has 0 saturated heterocycles. The third-order valence-corrected chi connectivity index (χ3v) is 3.20. The Balaban J connectivity index is 2.07. The van der Waals surface area contributed by atoms with Gasteiger partial charge < -0.3 is 20.1 Å². The van der Waals surface area contributed by atoms with Crippen molar-refractivity contribution in [3.63, 3.8) is 0 Å². The molecule has 0 saturated carbocycles. The Labute approximate surface area is 122 Å². The Morgan fingerprint density at radius 3 is 2.43 bits per heavy atom. The topological polar surface area (TPSA) is 87.0 Å². The highest BCUT2D eigenvalue weighted by atomic mass is 16.5. The second-order valence-corrected chi connectivity index (χ2v) is 4.62. The highest BCUT2D eigenvalue weighted by Crippen LogP contribution is 2.27. The van der Waals surface area contributed by atoms with E-state index in [1.54, 1.807) is 12.1 Å². The number of hydrogen-bond donors (Lipinski definition) is 3. The molecule has 0 aliphatic rings. The van der Waals surface area contributed by atoms with Crippen LogP contribution in [-0.2, 0) is 6.42 Å². The second kappa shape index (κ2) is 6.17. The number of aromatic hydroxyl groups is 3. The van der Waals surface area contributed by atoms with Gasteiger partial charge in [-0.3, -0.25) is 4.79 Å². The summed E-state index contributed by atoms with van der Waals surface area (Å²) in [5.41, 5.74) is 0.781. The van der Waals surface area contributed by atoms with Crippen LogP contribution in [0, 0.1) is 0 Å². The van der Waals surface area contributed by atoms with Gasteiger partial charge in [-0.1, -0.05) is 6.07 Å². The smallest absolute Gasteiger partial charge is 0.166 e. The van der Waals surface area contributed by atoms with Crippen LogP contribution in [0.5, 0.6) is 23.0 Å². The summed E-state index contributed by atoms with van der Waals surface area (Å²) in [4.78, 5) is 12.0. The first-order valence-electron chi connectivity index (χ1n) is 6.42. The fourth-order valence-corrected chi connectivity index (χ4v) is 2.02. The molecule has 0 heterocycles. The van der Waals surface area contributed by atoms with Crippen LogP contribution in [0.1, 0.15) is 22.3 Å². The number of rotatable bonds is 5. The number of ketones is 1. The van der Waals surface area contributed by atoms with Gasteiger partial charge in [0.2, 0.25) is 0 Å². The van der Waals surface area contributed by atoms with Crippen LogP contribution < -0.4 is 4.74 Å². The van der Waals surface area contributed by atoms with Crippen molar-refractivity contribution in [2.24, 2.45) is 0 Å². The number of hydrogen-bond acceptors (Lipinski definition) is 5. The Morgan fingerprint density at radius 1 is 1.05 bits per heavy atom. The summed E-state index contributed by atoms with van der Waals surface area (Å²) in [5.74, 6) is -0.00523. The van der Waals surface area contributed by atoms with E-state index in [1.807, 2.05) is 0 Å². The van der Waals surface area contributed by atoms with Crippen molar-refractivity contribution in [1.29, 1.82) is 0 Å². The first-order chi connectivity index (χ1) is 10.0. The lowest BCUT2D eigenvalue weighted by atomic mass is 10.0. The maximum Gasteiger partial charge on any atom is 0.166 e. The minimum atomic E-state index is -0.261. The van der Waals surface area contributed by atoms with Crippen molar-refractivity contribution in [2.75, 3.05) is 7.11 Å². The third kappa shape index (κ3) is 3.45. The van der Waals surface area contributed by atoms with Gasteiger partial charge in [0, 0.05) is 18.6 Å². The molecule has 0 radical (unpaired) electrons. The summed E-state index contributed by atoms with van der Waals surface area (Å²) in [5, 5.41) is 28.7. The molecule has 0 aliphatic carbocycles. The number of ether oxygens (including phenoxy) is 1. The largest absolute Gasteiger partial charge is 0.508 e. The first-order valence-corrected chi connectivity index (χ1v) is 6.42. The van der Waals surface area contributed by atoms with Crippen LogP contribution >= 0.6 is 0 Å². The van der Waals surface area contributed by atoms with Crippen LogP contribution in [0.4, 0.5) is 0 Å². The minimum absolute atomic E-state index is 0.0667. The van der Waals surface area contributed by atoms with Crippen molar-refractivity contribution in [1.82, 2.24) is 0 Å². The van der Waals surface area contributed by atoms with Crippen LogP contribution in [0.3, 0.4) is 0 Å². The lowest BCUT2D eigenvalue weighted by Crippen LogP contribution is -2.02. The maximum atomic E-state index is 12.0. The fraction of sp³-hybridized carbons (Fsp3) is 0.188. The monoisotopic (exact) mass is 288 g/mol. The molecule has 5 nitrogen and oxygen atoms in total. The Morgan fingerprint density at radius 2 is 1.81 bits per heavy atom. The zero-order chi connectivity index (χ0) is 15.4. The average molecular weight is 288 g/mol. The van der Waals surface area contributed by atoms with Gasteiger partial charge in [0.05, 0.1) is 12.7 Å². The number of methoxy groups -OCH3 is 1. The molecule has 0 aromatic heterocycles. The van der Waals surface area contributed by atoms with E-state index < -0.39 is 0 Å². The van der Waals surface area contributed by atoms with E-state index >= 15 is 0 Å². The van der Waals surface area contributed by atoms with Crippen molar-refractivity contribution < 1.29 is 24.9 Å². The normalized spacial score (nSPS) is 10.3. The summed E-state index contributed by atoms with van der Waals surface area (Å²) in [6.07, 6.45) is 0.479. The Bertz CT molecular complexity index is 664. The Hall–Kier alpha value is -2.69. The lowest BCUT2D eigenvalue weighted by Gasteiger charge is -2.07. The highest BCUT2D eigenvalue weighted by Gasteiger charge is 2.13. The van der Waals surface area contributed by atoms with Gasteiger partial charge in [0.15, 0.2) is 5.78 Å². The van der Waals surface area contributed by atoms with E-state index in [-0.39, 0.29) is 35.0 Å². The van der Waals surface area contributed by atoms with Crippen LogP contribution in [0.25, 0.3) is 0 Å². The molecule has 0 spiro atoms. The van der Waals surface area contributed by atoms with E-state index in [0.717, 1.165) is 6.07 Å². The standard InChI is InChI=1S/C16H16O5/c1-21-12-5-2-10(15(19)9-12)3-7-14(18)13-6-4-11(17)8-16(13)20/h2,4-6,8-9,17,19-20H,3,7H2,1H3. The molecule has 2 rings (SSSR count). The van der Waals surface area contributed by atoms with Crippen LogP contribution in [0.15, 0.2) is 36.4 Å². The van der Waals surface area contributed by atoms with Gasteiger partial charge in [0.1, 0.15) is 23.0 Å². The van der Waals surface area contributed by atoms with Crippen molar-refractivity contribution >= 4 is 5.78 Å². The summed E-state index contributed by atoms with van der Waals surface area (Å²) < 4.78 is 4.99. The van der Waals surface area contributed by atoms with E-state index in [1.165, 1.54) is 25.3 Å². The molecule has 0 unspecified atom stereocenters. The van der Waals surface area contributed by atoms with E-state index in [2.05, 4.69) is 0 Å². The fourth-order valence-electron chi connectivity index (χ4n) is 2.02. The summed E-state index contributed by atoms with van der Waals surface area (Å²) in [6.45, 7) is 0. The molecular weight excluding hydrogens is 272 g/mol. The highest BCUT2D eigenvalue weighted by molar-refractivity contribution is 5.98. The Kier molecular flexibility index (Phi) is 4.33. The predicted molar refractivity (Wildman–Crippen MR) is 77.1 cm³/mol. The molecule has 0 amide bonds. The summed E-state index contributed by atoms with van der Waals surface area (Å²) in [6, 6.07) is 8.73. The predicted octanol–water partition coefficient (Wildman–Crippen LogP) is 2.63. The SMILES string of the molecule is COc1ccc(CCC(=O)c2ccc(O)cc2O)c(O)c1. The minimum Gasteiger partial charge on any atom is -0.508 e. The van der Waals surface area contributed by atoms with E-state index in [0.29, 0.717) is 17.7 Å². The number of benzene rings is 2. The molecule has 5 heteroatoms. The number of phenolic OH excluding ortho intramolecular Hbond substituents is 3. The zero-order valence-corrected chi connectivity index (χ0v) is 11.5. The molecule has 3 N–H and O–H groups in total. The van der Waals surface area contributed by atoms with Gasteiger partial charge in [-0.15, -0.1) is 0 Å². The second-order valence-electron chi connectivity index (χ2n) is 4.62. The number of carbonyl (C=O) groups is 1. The van der Waals surface area contributed by atoms with Crippen LogP contribution in [0.2, 0.25) is 0 Å². The first kappa shape index (κ1) is 14.7. The van der Waals surface area contributed by atoms with Crippen molar-refractivity contribution in [2.45, 2.75) is 12.8 Å². The van der Waals surface area contributed by atoms with Gasteiger partial charge in [0.25, 0.3) is 0 Å². The zero-order valence-electron chi connectivity index (χ0n) is 11.5. The molecule has 0 bridgehead atoms. The number of Topliss-reactive ketones (excluding diaryl/α,β-unsaturated/α-hetero) is 1. The number of aryl methyl sites for hydroxylation is 1. The maximum absolute atomic E-state index is 12.0. The molecule has 0 fully saturated rings. The average Bonchev–Trinajstić information content (AvgIpc) is 2.45. The molecule has 2 aromatic carbocycles. The third-order valence-electron chi connectivity index (χ3n) is 3.20. The quantitative estimate of drug-likeness (QED) is 0.736. The van der Waals surface area contributed by atoms with E-state index in [4.69, 9.17) is 4.74 Å². The molecule has 0 atom stereocenters. The number of carbonyl (C=O) groups excluding carboxylic acids is 1. The van der Waals surface area contributed by atoms with Crippen molar-refractivity contribution in [3.05, 3.63) is 47.5 Å².